The highest BCUT2D eigenvalue weighted by molar-refractivity contribution is 5.79. The van der Waals surface area contributed by atoms with Gasteiger partial charge < -0.3 is 110 Å². The summed E-state index contributed by atoms with van der Waals surface area (Å²) in [5.74, 6) is -3.80. The van der Waals surface area contributed by atoms with Crippen LogP contribution in [-0.2, 0) is 38.0 Å². The number of aliphatic hydroxyl groups is 14. The maximum atomic E-state index is 12.4. The molecule has 0 saturated carbocycles. The molecule has 0 aromatic rings. The molecule has 0 aromatic carbocycles. The fourth-order valence-corrected chi connectivity index (χ4v) is 9.35. The van der Waals surface area contributed by atoms with Crippen molar-refractivity contribution >= 4 is 11.8 Å². The molecule has 4 unspecified atom stereocenters. The predicted octanol–water partition coefficient (Wildman–Crippen LogP) is -6.99. The quantitative estimate of drug-likeness (QED) is 0.0725. The first-order chi connectivity index (χ1) is 30.0. The topological polar surface area (TPSA) is 379 Å². The van der Waals surface area contributed by atoms with Crippen LogP contribution >= 0.6 is 0 Å². The van der Waals surface area contributed by atoms with Crippen LogP contribution in [0.5, 0.6) is 0 Å². The lowest BCUT2D eigenvalue weighted by atomic mass is 9.95. The predicted molar refractivity (Wildman–Crippen MR) is 211 cm³/mol. The summed E-state index contributed by atoms with van der Waals surface area (Å²) >= 11 is 0. The molecule has 6 heterocycles. The van der Waals surface area contributed by atoms with Crippen LogP contribution in [0.4, 0.5) is 0 Å². The number of carbonyl (C=O) groups excluding carboxylic acids is 2. The lowest BCUT2D eigenvalue weighted by molar-refractivity contribution is -0.369. The van der Waals surface area contributed by atoms with E-state index in [1.165, 1.54) is 9.80 Å². The average Bonchev–Trinajstić information content (AvgIpc) is 3.83. The molecule has 0 aliphatic carbocycles. The van der Waals surface area contributed by atoms with Gasteiger partial charge in [0.25, 0.3) is 0 Å². The molecule has 0 bridgehead atoms. The smallest absolute Gasteiger partial charge is 0.223 e. The SMILES string of the molecule is CC(C)CC1CC(=O)N(C[C@@]2(O)OC[C@@H](O)[C@@H](O[C@@H]3O[C@H](CO)[C@H](O)[C@H](O)[C@H]3O)[C@@H]2O)C1.CC(C)C[C@@H]1CC(=O)N(C[C@@]2(O)OC(CO)C(O[C@@H]3O[C@H](CO)[C@H](O)[C@H](O)[C@H]3O)C2O)C1. The first-order valence-corrected chi connectivity index (χ1v) is 21.9. The van der Waals surface area contributed by atoms with E-state index in [0.717, 1.165) is 12.8 Å². The van der Waals surface area contributed by atoms with Crippen molar-refractivity contribution in [2.45, 2.75) is 163 Å². The largest absolute Gasteiger partial charge is 0.394 e. The Hall–Kier alpha value is -1.86. The summed E-state index contributed by atoms with van der Waals surface area (Å²) in [6, 6.07) is 0. The minimum atomic E-state index is -2.25. The highest BCUT2D eigenvalue weighted by atomic mass is 16.7. The lowest BCUT2D eigenvalue weighted by Gasteiger charge is -2.47. The van der Waals surface area contributed by atoms with Crippen LogP contribution in [0, 0.1) is 23.7 Å². The van der Waals surface area contributed by atoms with Crippen molar-refractivity contribution in [2.24, 2.45) is 23.7 Å². The molecule has 0 radical (unpaired) electrons. The number of nitrogens with zero attached hydrogens (tertiary/aromatic N) is 2. The summed E-state index contributed by atoms with van der Waals surface area (Å²) in [5, 5.41) is 142. The van der Waals surface area contributed by atoms with Gasteiger partial charge in [-0.2, -0.15) is 0 Å². The molecule has 0 aromatic heterocycles. The van der Waals surface area contributed by atoms with Gasteiger partial charge in [0, 0.05) is 25.9 Å². The van der Waals surface area contributed by atoms with Crippen LogP contribution in [0.3, 0.4) is 0 Å². The fraction of sp³-hybridized carbons (Fsp3) is 0.950. The van der Waals surface area contributed by atoms with Crippen LogP contribution in [0.1, 0.15) is 53.4 Å². The Morgan fingerprint density at radius 2 is 1.00 bits per heavy atom. The van der Waals surface area contributed by atoms with Crippen molar-refractivity contribution in [1.82, 2.24) is 9.80 Å². The lowest BCUT2D eigenvalue weighted by Crippen LogP contribution is -2.67. The van der Waals surface area contributed by atoms with Crippen molar-refractivity contribution in [3.8, 4) is 0 Å². The van der Waals surface area contributed by atoms with E-state index in [4.69, 9.17) is 28.4 Å². The third-order valence-electron chi connectivity index (χ3n) is 12.6. The van der Waals surface area contributed by atoms with Crippen LogP contribution in [0.2, 0.25) is 0 Å². The summed E-state index contributed by atoms with van der Waals surface area (Å²) in [6.07, 6.45) is -22.6. The highest BCUT2D eigenvalue weighted by Gasteiger charge is 2.59. The molecular formula is C40H70N2O22. The Kier molecular flexibility index (Phi) is 18.3. The summed E-state index contributed by atoms with van der Waals surface area (Å²) < 4.78 is 32.3. The average molecular weight is 931 g/mol. The number of rotatable bonds is 15. The molecule has 0 spiro atoms. The maximum Gasteiger partial charge on any atom is 0.223 e. The molecule has 6 rings (SSSR count). The number of aliphatic hydroxyl groups excluding tert-OH is 12. The van der Waals surface area contributed by atoms with E-state index in [9.17, 15) is 81.1 Å². The second kappa shape index (κ2) is 22.1. The van der Waals surface area contributed by atoms with Crippen molar-refractivity contribution < 1.29 is 110 Å². The van der Waals surface area contributed by atoms with Gasteiger partial charge in [0.2, 0.25) is 23.4 Å². The Morgan fingerprint density at radius 1 is 0.594 bits per heavy atom. The molecule has 64 heavy (non-hydrogen) atoms. The number of ether oxygens (including phenoxy) is 6. The van der Waals surface area contributed by atoms with E-state index in [-0.39, 0.29) is 36.7 Å². The van der Waals surface area contributed by atoms with Gasteiger partial charge in [-0.15, -0.1) is 0 Å². The van der Waals surface area contributed by atoms with E-state index in [1.54, 1.807) is 0 Å². The van der Waals surface area contributed by atoms with Gasteiger partial charge in [0.1, 0.15) is 85.5 Å². The second-order valence-electron chi connectivity index (χ2n) is 18.8. The molecule has 14 N–H and O–H groups in total. The Bertz CT molecular complexity index is 1440. The van der Waals surface area contributed by atoms with Crippen LogP contribution in [0.15, 0.2) is 0 Å². The Morgan fingerprint density at radius 3 is 1.42 bits per heavy atom. The van der Waals surface area contributed by atoms with Gasteiger partial charge >= 0.3 is 0 Å². The molecule has 24 heteroatoms. The molecule has 24 nitrogen and oxygen atoms in total. The van der Waals surface area contributed by atoms with Crippen molar-refractivity contribution in [3.63, 3.8) is 0 Å². The first-order valence-electron chi connectivity index (χ1n) is 21.9. The fourth-order valence-electron chi connectivity index (χ4n) is 9.35. The molecular weight excluding hydrogens is 860 g/mol. The molecule has 6 saturated heterocycles. The molecule has 6 aliphatic heterocycles. The van der Waals surface area contributed by atoms with Gasteiger partial charge in [-0.1, -0.05) is 27.7 Å². The Balaban J connectivity index is 0.000000241. The molecule has 6 fully saturated rings. The summed E-state index contributed by atoms with van der Waals surface area (Å²) in [4.78, 5) is 27.6. The summed E-state index contributed by atoms with van der Waals surface area (Å²) in [7, 11) is 0. The van der Waals surface area contributed by atoms with Crippen LogP contribution in [0.25, 0.3) is 0 Å². The van der Waals surface area contributed by atoms with Crippen molar-refractivity contribution in [1.29, 1.82) is 0 Å². The molecule has 2 amide bonds. The van der Waals surface area contributed by atoms with Crippen molar-refractivity contribution in [2.75, 3.05) is 52.6 Å². The van der Waals surface area contributed by atoms with Crippen LogP contribution < -0.4 is 0 Å². The van der Waals surface area contributed by atoms with E-state index < -0.39 is 136 Å². The van der Waals surface area contributed by atoms with E-state index in [1.807, 2.05) is 0 Å². The zero-order valence-corrected chi connectivity index (χ0v) is 36.5. The number of β-amino-alcohol motifs (C(OH)–C–C–N with tert-alkyl or cyclic N) is 2. The van der Waals surface area contributed by atoms with E-state index in [2.05, 4.69) is 27.7 Å². The summed E-state index contributed by atoms with van der Waals surface area (Å²) in [6.45, 7) is 5.88. The number of hydrogen-bond acceptors (Lipinski definition) is 22. The third-order valence-corrected chi connectivity index (χ3v) is 12.6. The molecule has 6 aliphatic rings. The number of likely N-dealkylation sites (tertiary alicyclic amines) is 2. The molecule has 372 valence electrons. The monoisotopic (exact) mass is 930 g/mol. The normalized spacial score (nSPS) is 45.4. The van der Waals surface area contributed by atoms with E-state index in [0.29, 0.717) is 37.8 Å². The zero-order valence-electron chi connectivity index (χ0n) is 36.5. The second-order valence-corrected chi connectivity index (χ2v) is 18.8. The molecule has 20 atom stereocenters. The highest BCUT2D eigenvalue weighted by Crippen LogP contribution is 2.37. The maximum absolute atomic E-state index is 12.4. The standard InChI is InChI=1S/2C20H35NO11/c1-9(2)3-10-4-13(24)21(5-10)8-20(29)18(28)17(11(23)7-30-20)32-19-16(27)15(26)14(25)12(6-22)31-19;1-9(2)3-10-4-13(24)21(5-10)8-20(29)18(28)17(12(7-23)32-20)31-19-16(27)15(26)14(25)11(6-22)30-19/h2*9-12,14-19,22-23,25-29H,3-8H2,1-2H3/t10?,11-,12-,14+,15+,16-,17-,18+,19+,20-;10-,11-,12?,14+,15+,16-,17?,18?,19+,20-/m11/s1. The van der Waals surface area contributed by atoms with E-state index >= 15 is 0 Å². The van der Waals surface area contributed by atoms with Crippen molar-refractivity contribution in [3.05, 3.63) is 0 Å². The Labute approximate surface area is 370 Å². The minimum absolute atomic E-state index is 0.124. The van der Waals surface area contributed by atoms with Gasteiger partial charge in [-0.3, -0.25) is 9.59 Å². The summed E-state index contributed by atoms with van der Waals surface area (Å²) in [5.41, 5.74) is 0. The van der Waals surface area contributed by atoms with Gasteiger partial charge in [-0.05, 0) is 36.5 Å². The minimum Gasteiger partial charge on any atom is -0.394 e. The first kappa shape index (κ1) is 53.1. The number of amides is 2. The number of carbonyl (C=O) groups is 2. The van der Waals surface area contributed by atoms with Gasteiger partial charge in [0.05, 0.1) is 39.5 Å². The third kappa shape index (κ3) is 11.9. The van der Waals surface area contributed by atoms with Gasteiger partial charge in [0.15, 0.2) is 12.6 Å². The number of hydrogen-bond donors (Lipinski definition) is 14. The van der Waals surface area contributed by atoms with Crippen LogP contribution in [-0.4, -0.2) is 255 Å². The van der Waals surface area contributed by atoms with Gasteiger partial charge in [-0.25, -0.2) is 0 Å². The zero-order chi connectivity index (χ0) is 47.6.